The predicted octanol–water partition coefficient (Wildman–Crippen LogP) is 4.08. The predicted molar refractivity (Wildman–Crippen MR) is 89.2 cm³/mol. The highest BCUT2D eigenvalue weighted by molar-refractivity contribution is 5.81. The van der Waals surface area contributed by atoms with Crippen LogP contribution in [0, 0.1) is 6.92 Å². The Labute approximate surface area is 130 Å². The molecule has 0 spiro atoms. The van der Waals surface area contributed by atoms with E-state index < -0.39 is 0 Å². The molecule has 1 atom stereocenters. The standard InChI is InChI=1S/C19H21NO2/c1-14-3-5-16(6-4-14)15(2)22-18-8-7-17-9-10-20(11-12-21)19(17)13-18/h3-10,13,15,21H,11-12H2,1-2H3. The molecule has 0 saturated heterocycles. The van der Waals surface area contributed by atoms with Crippen molar-refractivity contribution in [3.63, 3.8) is 0 Å². The normalized spacial score (nSPS) is 12.5. The molecule has 0 saturated carbocycles. The van der Waals surface area contributed by atoms with Gasteiger partial charge >= 0.3 is 0 Å². The summed E-state index contributed by atoms with van der Waals surface area (Å²) < 4.78 is 8.12. The molecule has 0 radical (unpaired) electrons. The van der Waals surface area contributed by atoms with Crippen molar-refractivity contribution in [2.45, 2.75) is 26.5 Å². The smallest absolute Gasteiger partial charge is 0.122 e. The van der Waals surface area contributed by atoms with Crippen LogP contribution in [0.1, 0.15) is 24.2 Å². The SMILES string of the molecule is Cc1ccc(C(C)Oc2ccc3ccn(CCO)c3c2)cc1. The Morgan fingerprint density at radius 2 is 1.86 bits per heavy atom. The molecule has 114 valence electrons. The van der Waals surface area contributed by atoms with Crippen LogP contribution >= 0.6 is 0 Å². The summed E-state index contributed by atoms with van der Waals surface area (Å²) in [5, 5.41) is 10.3. The largest absolute Gasteiger partial charge is 0.486 e. The molecule has 0 aliphatic rings. The number of hydrogen-bond donors (Lipinski definition) is 1. The van der Waals surface area contributed by atoms with E-state index in [1.54, 1.807) is 0 Å². The molecule has 2 aromatic carbocycles. The second-order valence-electron chi connectivity index (χ2n) is 5.62. The molecule has 0 fully saturated rings. The summed E-state index contributed by atoms with van der Waals surface area (Å²) in [5.41, 5.74) is 3.50. The third-order valence-corrected chi connectivity index (χ3v) is 3.95. The van der Waals surface area contributed by atoms with Gasteiger partial charge in [0.05, 0.1) is 12.1 Å². The highest BCUT2D eigenvalue weighted by atomic mass is 16.5. The van der Waals surface area contributed by atoms with Gasteiger partial charge in [0.1, 0.15) is 11.9 Å². The number of aromatic nitrogens is 1. The zero-order chi connectivity index (χ0) is 15.5. The molecule has 0 aliphatic carbocycles. The first-order chi connectivity index (χ1) is 10.7. The van der Waals surface area contributed by atoms with Gasteiger partial charge in [-0.15, -0.1) is 0 Å². The second kappa shape index (κ2) is 6.24. The highest BCUT2D eigenvalue weighted by Gasteiger charge is 2.09. The number of benzene rings is 2. The van der Waals surface area contributed by atoms with E-state index in [1.807, 2.05) is 22.9 Å². The summed E-state index contributed by atoms with van der Waals surface area (Å²) in [6, 6.07) is 16.6. The highest BCUT2D eigenvalue weighted by Crippen LogP contribution is 2.26. The summed E-state index contributed by atoms with van der Waals surface area (Å²) in [6.45, 7) is 4.87. The number of fused-ring (bicyclic) bond motifs is 1. The molecule has 3 aromatic rings. The zero-order valence-electron chi connectivity index (χ0n) is 13.0. The van der Waals surface area contributed by atoms with Gasteiger partial charge in [-0.3, -0.25) is 0 Å². The summed E-state index contributed by atoms with van der Waals surface area (Å²) in [7, 11) is 0. The summed E-state index contributed by atoms with van der Waals surface area (Å²) in [6.07, 6.45) is 1.99. The minimum absolute atomic E-state index is 0.000644. The molecule has 0 bridgehead atoms. The Hall–Kier alpha value is -2.26. The molecular weight excluding hydrogens is 274 g/mol. The van der Waals surface area contributed by atoms with Crippen molar-refractivity contribution < 1.29 is 9.84 Å². The van der Waals surface area contributed by atoms with E-state index in [0.717, 1.165) is 22.2 Å². The molecule has 1 unspecified atom stereocenters. The van der Waals surface area contributed by atoms with Crippen LogP contribution in [0.4, 0.5) is 0 Å². The lowest BCUT2D eigenvalue weighted by molar-refractivity contribution is 0.227. The number of rotatable bonds is 5. The maximum atomic E-state index is 9.13. The van der Waals surface area contributed by atoms with Crippen molar-refractivity contribution in [3.05, 3.63) is 65.9 Å². The molecule has 3 heteroatoms. The number of aliphatic hydroxyl groups is 1. The molecule has 1 aromatic heterocycles. The molecule has 0 aliphatic heterocycles. The Balaban J connectivity index is 1.83. The summed E-state index contributed by atoms with van der Waals surface area (Å²) >= 11 is 0. The van der Waals surface area contributed by atoms with Gasteiger partial charge in [-0.2, -0.15) is 0 Å². The summed E-state index contributed by atoms with van der Waals surface area (Å²) in [5.74, 6) is 0.846. The number of hydrogen-bond acceptors (Lipinski definition) is 2. The van der Waals surface area contributed by atoms with Crippen LogP contribution in [0.5, 0.6) is 5.75 Å². The number of aryl methyl sites for hydroxylation is 1. The van der Waals surface area contributed by atoms with Crippen LogP contribution in [0.15, 0.2) is 54.7 Å². The van der Waals surface area contributed by atoms with Gasteiger partial charge in [-0.05, 0) is 43.0 Å². The molecule has 3 nitrogen and oxygen atoms in total. The van der Waals surface area contributed by atoms with Crippen LogP contribution in [-0.2, 0) is 6.54 Å². The third kappa shape index (κ3) is 3.00. The van der Waals surface area contributed by atoms with E-state index >= 15 is 0 Å². The van der Waals surface area contributed by atoms with Gasteiger partial charge in [-0.1, -0.05) is 29.8 Å². The number of ether oxygens (including phenoxy) is 1. The van der Waals surface area contributed by atoms with E-state index in [-0.39, 0.29) is 12.7 Å². The Bertz CT molecular complexity index is 759. The lowest BCUT2D eigenvalue weighted by Crippen LogP contribution is -2.04. The average Bonchev–Trinajstić information content (AvgIpc) is 2.91. The van der Waals surface area contributed by atoms with Gasteiger partial charge in [0, 0.05) is 18.8 Å². The molecule has 1 N–H and O–H groups in total. The zero-order valence-corrected chi connectivity index (χ0v) is 13.0. The van der Waals surface area contributed by atoms with Crippen LogP contribution in [-0.4, -0.2) is 16.3 Å². The lowest BCUT2D eigenvalue weighted by Gasteiger charge is -2.16. The first kappa shape index (κ1) is 14.7. The first-order valence-electron chi connectivity index (χ1n) is 7.60. The van der Waals surface area contributed by atoms with Crippen molar-refractivity contribution in [3.8, 4) is 5.75 Å². The monoisotopic (exact) mass is 295 g/mol. The molecular formula is C19H21NO2. The van der Waals surface area contributed by atoms with Gasteiger partial charge in [0.2, 0.25) is 0 Å². The van der Waals surface area contributed by atoms with E-state index in [4.69, 9.17) is 9.84 Å². The Morgan fingerprint density at radius 3 is 2.59 bits per heavy atom. The topological polar surface area (TPSA) is 34.4 Å². The quantitative estimate of drug-likeness (QED) is 0.769. The van der Waals surface area contributed by atoms with Crippen molar-refractivity contribution in [1.29, 1.82) is 0 Å². The fraction of sp³-hybridized carbons (Fsp3) is 0.263. The lowest BCUT2D eigenvalue weighted by atomic mass is 10.1. The van der Waals surface area contributed by atoms with Gasteiger partial charge < -0.3 is 14.4 Å². The van der Waals surface area contributed by atoms with Crippen molar-refractivity contribution in [1.82, 2.24) is 4.57 Å². The van der Waals surface area contributed by atoms with Crippen LogP contribution < -0.4 is 4.74 Å². The van der Waals surface area contributed by atoms with Gasteiger partial charge in [0.15, 0.2) is 0 Å². The average molecular weight is 295 g/mol. The van der Waals surface area contributed by atoms with Crippen molar-refractivity contribution >= 4 is 10.9 Å². The maximum Gasteiger partial charge on any atom is 0.122 e. The fourth-order valence-corrected chi connectivity index (χ4v) is 2.65. The van der Waals surface area contributed by atoms with E-state index in [9.17, 15) is 0 Å². The van der Waals surface area contributed by atoms with Crippen LogP contribution in [0.2, 0.25) is 0 Å². The maximum absolute atomic E-state index is 9.13. The number of aliphatic hydroxyl groups excluding tert-OH is 1. The summed E-state index contributed by atoms with van der Waals surface area (Å²) in [4.78, 5) is 0. The fourth-order valence-electron chi connectivity index (χ4n) is 2.65. The van der Waals surface area contributed by atoms with Crippen LogP contribution in [0.3, 0.4) is 0 Å². The van der Waals surface area contributed by atoms with E-state index in [1.165, 1.54) is 5.56 Å². The molecule has 22 heavy (non-hydrogen) atoms. The van der Waals surface area contributed by atoms with Gasteiger partial charge in [-0.25, -0.2) is 0 Å². The minimum atomic E-state index is -0.000644. The van der Waals surface area contributed by atoms with Gasteiger partial charge in [0.25, 0.3) is 0 Å². The molecule has 1 heterocycles. The molecule has 0 amide bonds. The Morgan fingerprint density at radius 1 is 1.09 bits per heavy atom. The second-order valence-corrected chi connectivity index (χ2v) is 5.62. The van der Waals surface area contributed by atoms with E-state index in [2.05, 4.69) is 50.2 Å². The van der Waals surface area contributed by atoms with Crippen molar-refractivity contribution in [2.75, 3.05) is 6.61 Å². The first-order valence-corrected chi connectivity index (χ1v) is 7.60. The Kier molecular flexibility index (Phi) is 4.16. The van der Waals surface area contributed by atoms with Crippen molar-refractivity contribution in [2.24, 2.45) is 0 Å². The third-order valence-electron chi connectivity index (χ3n) is 3.95. The number of nitrogens with zero attached hydrogens (tertiary/aromatic N) is 1. The molecule has 3 rings (SSSR count). The van der Waals surface area contributed by atoms with Crippen LogP contribution in [0.25, 0.3) is 10.9 Å². The van der Waals surface area contributed by atoms with E-state index in [0.29, 0.717) is 6.54 Å². The minimum Gasteiger partial charge on any atom is -0.486 e.